The molecule has 0 saturated carbocycles. The molecule has 1 N–H and O–H groups in total. The first-order valence-electron chi connectivity index (χ1n) is 9.51. The van der Waals surface area contributed by atoms with Gasteiger partial charge in [0, 0.05) is 45.0 Å². The van der Waals surface area contributed by atoms with E-state index >= 15 is 0 Å². The lowest BCUT2D eigenvalue weighted by Gasteiger charge is -2.36. The normalized spacial score (nSPS) is 20.0. The van der Waals surface area contributed by atoms with Gasteiger partial charge in [0.15, 0.2) is 5.82 Å². The lowest BCUT2D eigenvalue weighted by molar-refractivity contribution is 0.120. The second-order valence-corrected chi connectivity index (χ2v) is 6.83. The van der Waals surface area contributed by atoms with E-state index in [9.17, 15) is 0 Å². The molecule has 1 aromatic heterocycles. The summed E-state index contributed by atoms with van der Waals surface area (Å²) in [4.78, 5) is 9.18. The van der Waals surface area contributed by atoms with Crippen molar-refractivity contribution in [1.82, 2.24) is 15.2 Å². The third-order valence-corrected chi connectivity index (χ3v) is 5.08. The molecule has 0 spiro atoms. The Morgan fingerprint density at radius 1 is 1.15 bits per heavy atom. The molecule has 0 radical (unpaired) electrons. The molecule has 2 saturated heterocycles. The maximum atomic E-state index is 5.64. The minimum absolute atomic E-state index is 0.274. The Morgan fingerprint density at radius 3 is 2.63 bits per heavy atom. The molecule has 1 atom stereocenters. The minimum Gasteiger partial charge on any atom is -0.497 e. The van der Waals surface area contributed by atoms with Crippen molar-refractivity contribution in [3.8, 4) is 5.75 Å². The smallest absolute Gasteiger partial charge is 0.247 e. The highest BCUT2D eigenvalue weighted by molar-refractivity contribution is 5.51. The van der Waals surface area contributed by atoms with Crippen LogP contribution in [-0.2, 0) is 4.74 Å². The highest BCUT2D eigenvalue weighted by Gasteiger charge is 2.20. The molecule has 0 bridgehead atoms. The average molecular weight is 370 g/mol. The van der Waals surface area contributed by atoms with E-state index in [1.807, 2.05) is 12.1 Å². The summed E-state index contributed by atoms with van der Waals surface area (Å²) < 4.78 is 10.9. The van der Waals surface area contributed by atoms with Crippen LogP contribution < -0.4 is 19.9 Å². The van der Waals surface area contributed by atoms with E-state index in [1.54, 1.807) is 13.3 Å². The van der Waals surface area contributed by atoms with Crippen LogP contribution in [0.1, 0.15) is 12.8 Å². The third kappa shape index (κ3) is 4.39. The lowest BCUT2D eigenvalue weighted by Crippen LogP contribution is -2.47. The average Bonchev–Trinajstić information content (AvgIpc) is 3.26. The van der Waals surface area contributed by atoms with Gasteiger partial charge in [0.05, 0.1) is 19.4 Å². The van der Waals surface area contributed by atoms with Crippen LogP contribution in [0.2, 0.25) is 0 Å². The molecule has 1 unspecified atom stereocenters. The fraction of sp³-hybridized carbons (Fsp3) is 0.526. The molecule has 0 amide bonds. The molecule has 2 aromatic rings. The van der Waals surface area contributed by atoms with Gasteiger partial charge in [-0.2, -0.15) is 10.1 Å². The van der Waals surface area contributed by atoms with Gasteiger partial charge in [-0.05, 0) is 37.1 Å². The molecule has 3 heterocycles. The number of nitrogens with one attached hydrogen (secondary N) is 1. The van der Waals surface area contributed by atoms with Crippen LogP contribution in [0.25, 0.3) is 0 Å². The van der Waals surface area contributed by atoms with E-state index in [1.165, 1.54) is 5.69 Å². The fourth-order valence-corrected chi connectivity index (χ4v) is 3.49. The van der Waals surface area contributed by atoms with Crippen LogP contribution in [0.5, 0.6) is 5.75 Å². The van der Waals surface area contributed by atoms with Crippen molar-refractivity contribution in [2.75, 3.05) is 61.6 Å². The molecule has 2 fully saturated rings. The highest BCUT2D eigenvalue weighted by Crippen LogP contribution is 2.22. The quantitative estimate of drug-likeness (QED) is 0.825. The van der Waals surface area contributed by atoms with Crippen LogP contribution in [0.3, 0.4) is 0 Å². The zero-order valence-corrected chi connectivity index (χ0v) is 15.7. The number of rotatable bonds is 6. The van der Waals surface area contributed by atoms with Gasteiger partial charge in [0.1, 0.15) is 5.75 Å². The van der Waals surface area contributed by atoms with Gasteiger partial charge in [0.25, 0.3) is 0 Å². The van der Waals surface area contributed by atoms with Crippen LogP contribution in [0, 0.1) is 0 Å². The summed E-state index contributed by atoms with van der Waals surface area (Å²) in [6.45, 7) is 5.19. The maximum Gasteiger partial charge on any atom is 0.247 e. The van der Waals surface area contributed by atoms with Crippen LogP contribution >= 0.6 is 0 Å². The molecule has 4 rings (SSSR count). The van der Waals surface area contributed by atoms with E-state index in [0.717, 1.165) is 63.7 Å². The first-order valence-corrected chi connectivity index (χ1v) is 9.51. The Labute approximate surface area is 159 Å². The van der Waals surface area contributed by atoms with E-state index < -0.39 is 0 Å². The lowest BCUT2D eigenvalue weighted by atomic mass is 10.2. The van der Waals surface area contributed by atoms with Crippen molar-refractivity contribution >= 4 is 17.5 Å². The van der Waals surface area contributed by atoms with Gasteiger partial charge in [-0.1, -0.05) is 0 Å². The van der Waals surface area contributed by atoms with E-state index in [0.29, 0.717) is 5.95 Å². The van der Waals surface area contributed by atoms with Gasteiger partial charge in [-0.25, -0.2) is 0 Å². The van der Waals surface area contributed by atoms with Crippen molar-refractivity contribution in [3.63, 3.8) is 0 Å². The van der Waals surface area contributed by atoms with Crippen LogP contribution in [0.15, 0.2) is 30.5 Å². The molecule has 2 aliphatic rings. The molecule has 8 nitrogen and oxygen atoms in total. The van der Waals surface area contributed by atoms with Gasteiger partial charge in [0.2, 0.25) is 5.95 Å². The number of ether oxygens (including phenoxy) is 2. The Kier molecular flexibility index (Phi) is 5.53. The molecular weight excluding hydrogens is 344 g/mol. The molecule has 1 aromatic carbocycles. The summed E-state index contributed by atoms with van der Waals surface area (Å²) in [6.07, 6.45) is 4.19. The van der Waals surface area contributed by atoms with Gasteiger partial charge in [-0.3, -0.25) is 0 Å². The Balaban J connectivity index is 1.32. The summed E-state index contributed by atoms with van der Waals surface area (Å²) in [5, 5.41) is 11.7. The van der Waals surface area contributed by atoms with E-state index in [4.69, 9.17) is 9.47 Å². The monoisotopic (exact) mass is 370 g/mol. The van der Waals surface area contributed by atoms with Crippen LogP contribution in [-0.4, -0.2) is 67.7 Å². The largest absolute Gasteiger partial charge is 0.497 e. The zero-order valence-electron chi connectivity index (χ0n) is 15.7. The van der Waals surface area contributed by atoms with Crippen molar-refractivity contribution in [2.45, 2.75) is 18.9 Å². The molecular formula is C19H26N6O2. The highest BCUT2D eigenvalue weighted by atomic mass is 16.5. The predicted octanol–water partition coefficient (Wildman–Crippen LogP) is 1.80. The third-order valence-electron chi connectivity index (χ3n) is 5.08. The van der Waals surface area contributed by atoms with Gasteiger partial charge in [-0.15, -0.1) is 5.10 Å². The number of hydrogen-bond donors (Lipinski definition) is 1. The number of anilines is 3. The van der Waals surface area contributed by atoms with Crippen LogP contribution in [0.4, 0.5) is 17.5 Å². The first-order chi connectivity index (χ1) is 13.3. The summed E-state index contributed by atoms with van der Waals surface area (Å²) in [7, 11) is 1.69. The molecule has 2 aliphatic heterocycles. The molecule has 27 heavy (non-hydrogen) atoms. The van der Waals surface area contributed by atoms with E-state index in [-0.39, 0.29) is 6.10 Å². The standard InChI is InChI=1S/C19H26N6O2/c1-26-16-6-4-15(5-7-16)24-8-10-25(11-9-24)19-22-18(14-21-23-19)20-13-17-3-2-12-27-17/h4-7,14,17H,2-3,8-13H2,1H3,(H,20,22,23). The summed E-state index contributed by atoms with van der Waals surface area (Å²) >= 11 is 0. The number of piperazine rings is 1. The topological polar surface area (TPSA) is 75.6 Å². The first kappa shape index (κ1) is 17.8. The number of hydrogen-bond acceptors (Lipinski definition) is 8. The van der Waals surface area contributed by atoms with E-state index in [2.05, 4.69) is 42.4 Å². The maximum absolute atomic E-state index is 5.64. The molecule has 0 aliphatic carbocycles. The summed E-state index contributed by atoms with van der Waals surface area (Å²) in [6, 6.07) is 8.19. The van der Waals surface area contributed by atoms with Gasteiger partial charge < -0.3 is 24.6 Å². The molecule has 8 heteroatoms. The predicted molar refractivity (Wildman–Crippen MR) is 105 cm³/mol. The number of benzene rings is 1. The number of aromatic nitrogens is 3. The second kappa shape index (κ2) is 8.39. The second-order valence-electron chi connectivity index (χ2n) is 6.83. The Morgan fingerprint density at radius 2 is 1.93 bits per heavy atom. The Bertz CT molecular complexity index is 727. The van der Waals surface area contributed by atoms with Gasteiger partial charge >= 0.3 is 0 Å². The number of nitrogens with zero attached hydrogens (tertiary/aromatic N) is 5. The van der Waals surface area contributed by atoms with Crippen molar-refractivity contribution in [1.29, 1.82) is 0 Å². The minimum atomic E-state index is 0.274. The zero-order chi connectivity index (χ0) is 18.5. The molecule has 144 valence electrons. The number of methoxy groups -OCH3 is 1. The summed E-state index contributed by atoms with van der Waals surface area (Å²) in [5.41, 5.74) is 1.21. The van der Waals surface area contributed by atoms with Crippen molar-refractivity contribution < 1.29 is 9.47 Å². The summed E-state index contributed by atoms with van der Waals surface area (Å²) in [5.74, 6) is 2.32. The Hall–Kier alpha value is -2.61. The fourth-order valence-electron chi connectivity index (χ4n) is 3.49. The van der Waals surface area contributed by atoms with Crippen molar-refractivity contribution in [3.05, 3.63) is 30.5 Å². The van der Waals surface area contributed by atoms with Crippen molar-refractivity contribution in [2.24, 2.45) is 0 Å². The SMILES string of the molecule is COc1ccc(N2CCN(c3nncc(NCC4CCCO4)n3)CC2)cc1.